The monoisotopic (exact) mass is 415 g/mol. The van der Waals surface area contributed by atoms with Gasteiger partial charge in [0.1, 0.15) is 4.49 Å². The molecule has 1 N–H and O–H groups in total. The first-order chi connectivity index (χ1) is 13.2. The number of carbonyl (C=O) groups excluding carboxylic acids is 1. The summed E-state index contributed by atoms with van der Waals surface area (Å²) < 4.78 is 0.201. The molecule has 1 aliphatic carbocycles. The Bertz CT molecular complexity index is 962. The van der Waals surface area contributed by atoms with Crippen LogP contribution >= 0.6 is 23.2 Å². The van der Waals surface area contributed by atoms with Crippen LogP contribution in [0.5, 0.6) is 0 Å². The van der Waals surface area contributed by atoms with Gasteiger partial charge >= 0.3 is 0 Å². The fourth-order valence-electron chi connectivity index (χ4n) is 3.47. The number of aryl methyl sites for hydroxylation is 2. The number of nitrogens with one attached hydrogen (secondary N) is 1. The van der Waals surface area contributed by atoms with Crippen molar-refractivity contribution in [1.29, 1.82) is 0 Å². The number of carbonyl (C=O) groups is 1. The Morgan fingerprint density at radius 1 is 1.04 bits per heavy atom. The maximum atomic E-state index is 12.7. The lowest BCUT2D eigenvalue weighted by molar-refractivity contribution is -0.118. The first-order valence-corrected chi connectivity index (χ1v) is 9.87. The molecular weight excluding hydrogens is 393 g/mol. The van der Waals surface area contributed by atoms with Crippen molar-refractivity contribution in [2.45, 2.75) is 27.7 Å². The highest BCUT2D eigenvalue weighted by Crippen LogP contribution is 2.60. The third-order valence-electron chi connectivity index (χ3n) is 5.34. The van der Waals surface area contributed by atoms with Crippen LogP contribution < -0.4 is 5.32 Å². The standard InChI is InChI=1S/C22H23Cl2N3O/c1-13-7-5-6-8-17(13)26-27-18-10-9-15(11-14(18)2)25-21(28)20-16(12-19(23)24)22(20,3)4/h5-12,16,20H,1-4H3,(H,25,28)/t16-,20+/m0/s1. The Morgan fingerprint density at radius 2 is 1.68 bits per heavy atom. The van der Waals surface area contributed by atoms with Crippen molar-refractivity contribution in [1.82, 2.24) is 0 Å². The molecule has 0 radical (unpaired) electrons. The number of nitrogens with zero attached hydrogens (tertiary/aromatic N) is 2. The van der Waals surface area contributed by atoms with E-state index in [-0.39, 0.29) is 27.6 Å². The highest BCUT2D eigenvalue weighted by molar-refractivity contribution is 6.55. The molecule has 28 heavy (non-hydrogen) atoms. The van der Waals surface area contributed by atoms with E-state index >= 15 is 0 Å². The van der Waals surface area contributed by atoms with Gasteiger partial charge in [0.2, 0.25) is 5.91 Å². The number of hydrogen-bond acceptors (Lipinski definition) is 3. The average Bonchev–Trinajstić information content (AvgIpc) is 3.15. The summed E-state index contributed by atoms with van der Waals surface area (Å²) in [4.78, 5) is 12.7. The van der Waals surface area contributed by atoms with E-state index in [2.05, 4.69) is 15.5 Å². The van der Waals surface area contributed by atoms with E-state index in [4.69, 9.17) is 23.2 Å². The molecular formula is C22H23Cl2N3O. The molecule has 1 amide bonds. The van der Waals surface area contributed by atoms with Crippen molar-refractivity contribution in [2.75, 3.05) is 5.32 Å². The zero-order valence-electron chi connectivity index (χ0n) is 16.3. The van der Waals surface area contributed by atoms with Crippen LogP contribution in [0.2, 0.25) is 0 Å². The summed E-state index contributed by atoms with van der Waals surface area (Å²) in [5.41, 5.74) is 4.19. The molecule has 1 aliphatic rings. The quantitative estimate of drug-likeness (QED) is 0.513. The average molecular weight is 416 g/mol. The Balaban J connectivity index is 1.70. The highest BCUT2D eigenvalue weighted by Gasteiger charge is 2.60. The van der Waals surface area contributed by atoms with E-state index in [0.717, 1.165) is 28.2 Å². The summed E-state index contributed by atoms with van der Waals surface area (Å²) in [6, 6.07) is 13.4. The van der Waals surface area contributed by atoms with Crippen LogP contribution in [0.15, 0.2) is 63.3 Å². The smallest absolute Gasteiger partial charge is 0.228 e. The van der Waals surface area contributed by atoms with Crippen LogP contribution in [-0.4, -0.2) is 5.91 Å². The van der Waals surface area contributed by atoms with E-state index < -0.39 is 0 Å². The van der Waals surface area contributed by atoms with Gasteiger partial charge in [0.25, 0.3) is 0 Å². The lowest BCUT2D eigenvalue weighted by Gasteiger charge is -2.08. The molecule has 2 aromatic carbocycles. The molecule has 0 aliphatic heterocycles. The van der Waals surface area contributed by atoms with Crippen LogP contribution in [0.4, 0.5) is 17.1 Å². The number of benzene rings is 2. The van der Waals surface area contributed by atoms with E-state index in [0.29, 0.717) is 0 Å². The predicted molar refractivity (Wildman–Crippen MR) is 116 cm³/mol. The summed E-state index contributed by atoms with van der Waals surface area (Å²) >= 11 is 11.5. The molecule has 0 bridgehead atoms. The molecule has 1 fully saturated rings. The van der Waals surface area contributed by atoms with Crippen molar-refractivity contribution in [2.24, 2.45) is 27.5 Å². The maximum Gasteiger partial charge on any atom is 0.228 e. The zero-order chi connectivity index (χ0) is 20.5. The molecule has 0 saturated heterocycles. The first-order valence-electron chi connectivity index (χ1n) is 9.12. The summed E-state index contributed by atoms with van der Waals surface area (Å²) in [6.45, 7) is 8.02. The van der Waals surface area contributed by atoms with Gasteiger partial charge in [0.15, 0.2) is 0 Å². The molecule has 0 aromatic heterocycles. The lowest BCUT2D eigenvalue weighted by atomic mass is 10.1. The highest BCUT2D eigenvalue weighted by atomic mass is 35.5. The number of anilines is 1. The van der Waals surface area contributed by atoms with Crippen molar-refractivity contribution in [3.8, 4) is 0 Å². The van der Waals surface area contributed by atoms with Crippen LogP contribution in [-0.2, 0) is 4.79 Å². The van der Waals surface area contributed by atoms with Crippen molar-refractivity contribution >= 4 is 46.2 Å². The molecule has 0 heterocycles. The van der Waals surface area contributed by atoms with Gasteiger partial charge in [-0.2, -0.15) is 10.2 Å². The molecule has 4 nitrogen and oxygen atoms in total. The fourth-order valence-corrected chi connectivity index (χ4v) is 3.75. The van der Waals surface area contributed by atoms with Gasteiger partial charge in [-0.05, 0) is 66.6 Å². The molecule has 0 unspecified atom stereocenters. The van der Waals surface area contributed by atoms with Crippen LogP contribution in [0.3, 0.4) is 0 Å². The third-order valence-corrected chi connectivity index (χ3v) is 5.60. The predicted octanol–water partition coefficient (Wildman–Crippen LogP) is 7.25. The van der Waals surface area contributed by atoms with Gasteiger partial charge in [-0.25, -0.2) is 0 Å². The van der Waals surface area contributed by atoms with E-state index in [1.165, 1.54) is 0 Å². The van der Waals surface area contributed by atoms with Crippen molar-refractivity contribution < 1.29 is 4.79 Å². The Kier molecular flexibility index (Phi) is 5.92. The topological polar surface area (TPSA) is 53.8 Å². The fraction of sp³-hybridized carbons (Fsp3) is 0.318. The molecule has 146 valence electrons. The SMILES string of the molecule is Cc1ccccc1N=Nc1ccc(NC(=O)[C@H]2[C@H](C=C(Cl)Cl)C2(C)C)cc1C. The lowest BCUT2D eigenvalue weighted by Crippen LogP contribution is -2.16. The molecule has 1 saturated carbocycles. The van der Waals surface area contributed by atoms with E-state index in [1.54, 1.807) is 6.08 Å². The Hall–Kier alpha value is -2.17. The van der Waals surface area contributed by atoms with Gasteiger partial charge in [-0.1, -0.05) is 55.2 Å². The second-order valence-electron chi connectivity index (χ2n) is 7.76. The third kappa shape index (κ3) is 4.45. The van der Waals surface area contributed by atoms with E-state index in [1.807, 2.05) is 70.2 Å². The molecule has 2 aromatic rings. The first kappa shape index (κ1) is 20.6. The summed E-state index contributed by atoms with van der Waals surface area (Å²) in [6.07, 6.45) is 1.74. The second kappa shape index (κ2) is 8.06. The van der Waals surface area contributed by atoms with Crippen LogP contribution in [0, 0.1) is 31.1 Å². The minimum absolute atomic E-state index is 0.0329. The number of hydrogen-bond donors (Lipinski definition) is 1. The Labute approximate surface area is 175 Å². The molecule has 0 spiro atoms. The van der Waals surface area contributed by atoms with Gasteiger partial charge in [-0.3, -0.25) is 4.79 Å². The Morgan fingerprint density at radius 3 is 2.29 bits per heavy atom. The van der Waals surface area contributed by atoms with Gasteiger partial charge in [0, 0.05) is 5.69 Å². The maximum absolute atomic E-state index is 12.7. The summed E-state index contributed by atoms with van der Waals surface area (Å²) in [5, 5.41) is 11.7. The minimum Gasteiger partial charge on any atom is -0.326 e. The van der Waals surface area contributed by atoms with Gasteiger partial charge in [-0.15, -0.1) is 0 Å². The zero-order valence-corrected chi connectivity index (χ0v) is 17.8. The normalized spacial score (nSPS) is 20.1. The number of rotatable bonds is 5. The minimum atomic E-state index is -0.157. The second-order valence-corrected chi connectivity index (χ2v) is 8.77. The molecule has 3 rings (SSSR count). The summed E-state index contributed by atoms with van der Waals surface area (Å²) in [7, 11) is 0. The van der Waals surface area contributed by atoms with Gasteiger partial charge in [0.05, 0.1) is 17.3 Å². The molecule has 6 heteroatoms. The number of amides is 1. The molecule has 2 atom stereocenters. The van der Waals surface area contributed by atoms with Crippen LogP contribution in [0.25, 0.3) is 0 Å². The summed E-state index contributed by atoms with van der Waals surface area (Å²) in [5.74, 6) is -0.143. The largest absolute Gasteiger partial charge is 0.326 e. The van der Waals surface area contributed by atoms with Crippen molar-refractivity contribution in [3.63, 3.8) is 0 Å². The van der Waals surface area contributed by atoms with E-state index in [9.17, 15) is 4.79 Å². The number of azo groups is 1. The number of allylic oxidation sites excluding steroid dienone is 1. The van der Waals surface area contributed by atoms with Crippen LogP contribution in [0.1, 0.15) is 25.0 Å². The van der Waals surface area contributed by atoms with Gasteiger partial charge < -0.3 is 5.32 Å². The van der Waals surface area contributed by atoms with Crippen molar-refractivity contribution in [3.05, 3.63) is 64.2 Å². The number of halogens is 2.